The normalized spacial score (nSPS) is 37.5. The van der Waals surface area contributed by atoms with Crippen LogP contribution in [-0.4, -0.2) is 49.6 Å². The van der Waals surface area contributed by atoms with Gasteiger partial charge >= 0.3 is 0 Å². The Hall–Kier alpha value is -1.95. The van der Waals surface area contributed by atoms with Crippen LogP contribution < -0.4 is 4.90 Å². The number of carbonyl (C=O) groups excluding carboxylic acids is 1. The fraction of sp³-hybridized carbons (Fsp3) is 0.633. The summed E-state index contributed by atoms with van der Waals surface area (Å²) >= 11 is 0. The first-order valence-electron chi connectivity index (χ1n) is 13.4. The minimum Gasteiger partial charge on any atom is -0.385 e. The second-order valence-corrected chi connectivity index (χ2v) is 12.1. The van der Waals surface area contributed by atoms with Gasteiger partial charge in [-0.3, -0.25) is 4.79 Å². The van der Waals surface area contributed by atoms with Crippen LogP contribution in [0.25, 0.3) is 0 Å². The molecule has 0 bridgehead atoms. The number of benzene rings is 1. The molecule has 1 aromatic rings. The minimum absolute atomic E-state index is 0.117. The molecule has 5 atom stereocenters. The monoisotopic (exact) mass is 477 g/mol. The number of aliphatic hydroxyl groups is 1. The van der Waals surface area contributed by atoms with Crippen molar-refractivity contribution < 1.29 is 19.4 Å². The Kier molecular flexibility index (Phi) is 5.38. The van der Waals surface area contributed by atoms with Gasteiger partial charge in [-0.25, -0.2) is 0 Å². The van der Waals surface area contributed by atoms with Crippen LogP contribution in [-0.2, 0) is 14.3 Å². The number of nitrogens with zero attached hydrogens (tertiary/aromatic N) is 1. The van der Waals surface area contributed by atoms with E-state index in [2.05, 4.69) is 56.3 Å². The fourth-order valence-electron chi connectivity index (χ4n) is 8.43. The van der Waals surface area contributed by atoms with E-state index in [1.165, 1.54) is 22.4 Å². The Morgan fingerprint density at radius 2 is 1.83 bits per heavy atom. The summed E-state index contributed by atoms with van der Waals surface area (Å²) < 4.78 is 12.1. The zero-order valence-electron chi connectivity index (χ0n) is 21.6. The van der Waals surface area contributed by atoms with Crippen molar-refractivity contribution in [2.75, 3.05) is 32.2 Å². The van der Waals surface area contributed by atoms with E-state index in [0.29, 0.717) is 31.5 Å². The third kappa shape index (κ3) is 3.49. The molecule has 0 amide bonds. The average molecular weight is 478 g/mol. The number of hydrogen-bond acceptors (Lipinski definition) is 5. The molecule has 1 spiro atoms. The first-order chi connectivity index (χ1) is 16.7. The Balaban J connectivity index is 1.47. The molecule has 1 saturated heterocycles. The number of Topliss-reactive ketones (excluding diaryl/α,β-unsaturated/α-hetero) is 1. The van der Waals surface area contributed by atoms with Crippen molar-refractivity contribution in [3.8, 4) is 0 Å². The maximum atomic E-state index is 12.7. The zero-order chi connectivity index (χ0) is 24.6. The molecule has 1 heterocycles. The van der Waals surface area contributed by atoms with Crippen LogP contribution in [0, 0.1) is 17.3 Å². The summed E-state index contributed by atoms with van der Waals surface area (Å²) in [6, 6.07) is 8.93. The van der Waals surface area contributed by atoms with Gasteiger partial charge in [-0.15, -0.1) is 0 Å². The van der Waals surface area contributed by atoms with E-state index in [1.807, 2.05) is 0 Å². The Morgan fingerprint density at radius 3 is 2.49 bits per heavy atom. The van der Waals surface area contributed by atoms with Gasteiger partial charge in [0.1, 0.15) is 0 Å². The lowest BCUT2D eigenvalue weighted by Gasteiger charge is -2.56. The molecule has 2 saturated carbocycles. The Bertz CT molecular complexity index is 1100. The van der Waals surface area contributed by atoms with Crippen LogP contribution >= 0.6 is 0 Å². The SMILES string of the molecule is CC(=O)C1=CC[C@H]2[C@@H]3CC[C@@]4(O)CC5(CCC4=C3[C@@H](c3ccc(N(C)C)cc3)C[C@]12C)OCCO5. The Morgan fingerprint density at radius 1 is 1.11 bits per heavy atom. The van der Waals surface area contributed by atoms with Crippen molar-refractivity contribution in [3.05, 3.63) is 52.6 Å². The smallest absolute Gasteiger partial charge is 0.171 e. The topological polar surface area (TPSA) is 59.0 Å². The number of ketones is 1. The maximum absolute atomic E-state index is 12.7. The lowest BCUT2D eigenvalue weighted by Crippen LogP contribution is -2.53. The van der Waals surface area contributed by atoms with Gasteiger partial charge in [0.15, 0.2) is 11.6 Å². The van der Waals surface area contributed by atoms with Gasteiger partial charge in [0.05, 0.1) is 18.8 Å². The van der Waals surface area contributed by atoms with Gasteiger partial charge in [-0.1, -0.05) is 30.7 Å². The first-order valence-corrected chi connectivity index (χ1v) is 13.4. The van der Waals surface area contributed by atoms with Gasteiger partial charge in [-0.05, 0) is 79.7 Å². The first kappa shape index (κ1) is 23.4. The van der Waals surface area contributed by atoms with E-state index in [4.69, 9.17) is 9.47 Å². The van der Waals surface area contributed by atoms with Crippen LogP contribution in [0.15, 0.2) is 47.1 Å². The third-order valence-corrected chi connectivity index (χ3v) is 10.00. The number of fused-ring (bicyclic) bond motifs is 4. The van der Waals surface area contributed by atoms with Gasteiger partial charge in [0, 0.05) is 44.0 Å². The molecule has 6 rings (SSSR count). The van der Waals surface area contributed by atoms with Crippen LogP contribution in [0.5, 0.6) is 0 Å². The van der Waals surface area contributed by atoms with Crippen LogP contribution in [0.1, 0.15) is 70.3 Å². The largest absolute Gasteiger partial charge is 0.385 e. The minimum atomic E-state index is -0.862. The quantitative estimate of drug-likeness (QED) is 0.611. The molecule has 1 N–H and O–H groups in total. The van der Waals surface area contributed by atoms with Crippen LogP contribution in [0.4, 0.5) is 5.69 Å². The molecule has 3 fully saturated rings. The molecule has 1 aliphatic heterocycles. The maximum Gasteiger partial charge on any atom is 0.171 e. The highest BCUT2D eigenvalue weighted by Crippen LogP contribution is 2.65. The summed E-state index contributed by atoms with van der Waals surface area (Å²) in [4.78, 5) is 14.8. The highest BCUT2D eigenvalue weighted by molar-refractivity contribution is 5.95. The zero-order valence-corrected chi connectivity index (χ0v) is 21.6. The van der Waals surface area contributed by atoms with E-state index in [9.17, 15) is 9.90 Å². The van der Waals surface area contributed by atoms with Crippen molar-refractivity contribution in [1.29, 1.82) is 0 Å². The highest BCUT2D eigenvalue weighted by Gasteiger charge is 2.59. The summed E-state index contributed by atoms with van der Waals surface area (Å²) in [7, 11) is 4.13. The summed E-state index contributed by atoms with van der Waals surface area (Å²) in [5.41, 5.74) is 5.24. The number of rotatable bonds is 3. The van der Waals surface area contributed by atoms with Crippen molar-refractivity contribution in [2.24, 2.45) is 17.3 Å². The molecule has 4 aliphatic carbocycles. The lowest BCUT2D eigenvalue weighted by molar-refractivity contribution is -0.208. The summed E-state index contributed by atoms with van der Waals surface area (Å²) in [5, 5.41) is 12.1. The second kappa shape index (κ2) is 8.03. The van der Waals surface area contributed by atoms with E-state index in [1.54, 1.807) is 6.92 Å². The molecule has 5 heteroatoms. The van der Waals surface area contributed by atoms with Gasteiger partial charge in [0.25, 0.3) is 0 Å². The molecule has 5 aliphatic rings. The van der Waals surface area contributed by atoms with Crippen molar-refractivity contribution >= 4 is 11.5 Å². The van der Waals surface area contributed by atoms with E-state index in [0.717, 1.165) is 44.1 Å². The van der Waals surface area contributed by atoms with E-state index >= 15 is 0 Å². The molecule has 0 aromatic heterocycles. The fourth-order valence-corrected chi connectivity index (χ4v) is 8.43. The molecule has 5 nitrogen and oxygen atoms in total. The van der Waals surface area contributed by atoms with Crippen molar-refractivity contribution in [3.63, 3.8) is 0 Å². The molecular weight excluding hydrogens is 438 g/mol. The number of hydrogen-bond donors (Lipinski definition) is 1. The van der Waals surface area contributed by atoms with Gasteiger partial charge in [-0.2, -0.15) is 0 Å². The number of anilines is 1. The van der Waals surface area contributed by atoms with Crippen molar-refractivity contribution in [1.82, 2.24) is 0 Å². The number of carbonyl (C=O) groups is 1. The standard InChI is InChI=1S/C30H39NO4/c1-19(32)24-9-10-25-22-11-13-29(33)18-30(34-15-16-35-30)14-12-26(29)27(22)23(17-28(24,25)2)20-5-7-21(8-6-20)31(3)4/h5-9,22-23,25,33H,10-18H2,1-4H3/t22-,23+,25-,28+,29+/m0/s1. The van der Waals surface area contributed by atoms with Gasteiger partial charge < -0.3 is 19.5 Å². The summed E-state index contributed by atoms with van der Waals surface area (Å²) in [6.45, 7) is 5.30. The number of ether oxygens (including phenoxy) is 2. The predicted molar refractivity (Wildman–Crippen MR) is 136 cm³/mol. The molecule has 35 heavy (non-hydrogen) atoms. The predicted octanol–water partition coefficient (Wildman–Crippen LogP) is 5.15. The van der Waals surface area contributed by atoms with Crippen molar-refractivity contribution in [2.45, 2.75) is 76.1 Å². The molecule has 188 valence electrons. The molecular formula is C30H39NO4. The van der Waals surface area contributed by atoms with E-state index < -0.39 is 11.4 Å². The van der Waals surface area contributed by atoms with Gasteiger partial charge in [0.2, 0.25) is 0 Å². The molecule has 0 unspecified atom stereocenters. The lowest BCUT2D eigenvalue weighted by atomic mass is 9.50. The third-order valence-electron chi connectivity index (χ3n) is 10.00. The van der Waals surface area contributed by atoms with Crippen LogP contribution in [0.3, 0.4) is 0 Å². The van der Waals surface area contributed by atoms with E-state index in [-0.39, 0.29) is 17.1 Å². The number of allylic oxidation sites excluding steroid dienone is 3. The molecule has 0 radical (unpaired) electrons. The average Bonchev–Trinajstić information content (AvgIpc) is 3.41. The second-order valence-electron chi connectivity index (χ2n) is 12.1. The van der Waals surface area contributed by atoms with Crippen LogP contribution in [0.2, 0.25) is 0 Å². The highest BCUT2D eigenvalue weighted by atomic mass is 16.7. The summed E-state index contributed by atoms with van der Waals surface area (Å²) in [6.07, 6.45) is 8.00. The molecule has 1 aromatic carbocycles. The summed E-state index contributed by atoms with van der Waals surface area (Å²) in [5.74, 6) is 0.639. The Labute approximate surface area is 209 Å².